The molecule has 0 aromatic heterocycles. The predicted octanol–water partition coefficient (Wildman–Crippen LogP) is 4.78. The minimum Gasteiger partial charge on any atom is -0.502 e. The van der Waals surface area contributed by atoms with Crippen molar-refractivity contribution in [3.8, 4) is 5.75 Å². The van der Waals surface area contributed by atoms with Crippen molar-refractivity contribution in [2.75, 3.05) is 0 Å². The number of aromatic carboxylic acids is 1. The van der Waals surface area contributed by atoms with Crippen LogP contribution in [0.1, 0.15) is 27.0 Å². The molecular formula is C16H12BrClN2O5. The highest BCUT2D eigenvalue weighted by atomic mass is 79.9. The first-order valence-corrected chi connectivity index (χ1v) is 8.05. The Balaban J connectivity index is 2.64. The summed E-state index contributed by atoms with van der Waals surface area (Å²) in [6.45, 7) is 3.02. The number of aliphatic imine (C=N–C) groups is 1. The van der Waals surface area contributed by atoms with Gasteiger partial charge in [0, 0.05) is 21.8 Å². The molecule has 0 saturated carbocycles. The predicted molar refractivity (Wildman–Crippen MR) is 97.6 cm³/mol. The quantitative estimate of drug-likeness (QED) is 0.414. The van der Waals surface area contributed by atoms with Gasteiger partial charge in [-0.3, -0.25) is 15.1 Å². The molecule has 0 bridgehead atoms. The number of nitro groups is 1. The van der Waals surface area contributed by atoms with Crippen molar-refractivity contribution < 1.29 is 19.9 Å². The SMILES string of the molecule is Cc1c(Cl)c(C)c([N+](=O)[O-])c(O)c1C=Nc1ccc(Br)cc1C(=O)O. The molecule has 0 aliphatic rings. The number of aromatic hydroxyl groups is 1. The van der Waals surface area contributed by atoms with Crippen LogP contribution in [0.15, 0.2) is 27.7 Å². The van der Waals surface area contributed by atoms with Gasteiger partial charge in [0.1, 0.15) is 0 Å². The van der Waals surface area contributed by atoms with Gasteiger partial charge in [-0.1, -0.05) is 27.5 Å². The van der Waals surface area contributed by atoms with Gasteiger partial charge in [0.25, 0.3) is 0 Å². The molecule has 2 rings (SSSR count). The summed E-state index contributed by atoms with van der Waals surface area (Å²) in [6.07, 6.45) is 1.17. The molecule has 0 heterocycles. The van der Waals surface area contributed by atoms with Crippen LogP contribution in [0.2, 0.25) is 5.02 Å². The monoisotopic (exact) mass is 426 g/mol. The molecule has 0 radical (unpaired) electrons. The van der Waals surface area contributed by atoms with Crippen LogP contribution in [-0.4, -0.2) is 27.3 Å². The van der Waals surface area contributed by atoms with E-state index in [1.807, 2.05) is 0 Å². The number of phenols is 1. The Morgan fingerprint density at radius 3 is 2.56 bits per heavy atom. The van der Waals surface area contributed by atoms with Crippen molar-refractivity contribution in [1.82, 2.24) is 0 Å². The number of carboxylic acids is 1. The number of carboxylic acid groups (broad SMARTS) is 1. The Morgan fingerprint density at radius 2 is 2.00 bits per heavy atom. The second kappa shape index (κ2) is 7.20. The maximum Gasteiger partial charge on any atom is 0.337 e. The minimum atomic E-state index is -1.18. The molecule has 2 aromatic rings. The molecule has 7 nitrogen and oxygen atoms in total. The molecule has 0 aliphatic heterocycles. The Bertz CT molecular complexity index is 927. The van der Waals surface area contributed by atoms with Gasteiger partial charge in [0.05, 0.1) is 21.2 Å². The van der Waals surface area contributed by atoms with E-state index in [2.05, 4.69) is 20.9 Å². The zero-order valence-corrected chi connectivity index (χ0v) is 15.4. The number of hydrogen-bond donors (Lipinski definition) is 2. The molecule has 130 valence electrons. The summed E-state index contributed by atoms with van der Waals surface area (Å²) in [7, 11) is 0. The average molecular weight is 428 g/mol. The number of carbonyl (C=O) groups is 1. The van der Waals surface area contributed by atoms with Gasteiger partial charge in [-0.05, 0) is 37.6 Å². The highest BCUT2D eigenvalue weighted by Crippen LogP contribution is 2.40. The van der Waals surface area contributed by atoms with Crippen molar-refractivity contribution in [3.05, 3.63) is 60.1 Å². The summed E-state index contributed by atoms with van der Waals surface area (Å²) in [5.41, 5.74) is 0.172. The second-order valence-corrected chi connectivity index (χ2v) is 6.45. The lowest BCUT2D eigenvalue weighted by atomic mass is 10.0. The Hall–Kier alpha value is -2.45. The molecule has 0 aliphatic carbocycles. The van der Waals surface area contributed by atoms with E-state index in [-0.39, 0.29) is 27.4 Å². The van der Waals surface area contributed by atoms with E-state index in [1.165, 1.54) is 25.3 Å². The van der Waals surface area contributed by atoms with Gasteiger partial charge < -0.3 is 10.2 Å². The van der Waals surface area contributed by atoms with Crippen LogP contribution in [0.3, 0.4) is 0 Å². The molecule has 2 aromatic carbocycles. The summed E-state index contributed by atoms with van der Waals surface area (Å²) < 4.78 is 0.567. The maximum absolute atomic E-state index is 11.3. The first-order valence-electron chi connectivity index (χ1n) is 6.88. The number of hydrogen-bond acceptors (Lipinski definition) is 5. The number of phenolic OH excluding ortho intramolecular Hbond substituents is 1. The lowest BCUT2D eigenvalue weighted by Crippen LogP contribution is -2.00. The van der Waals surface area contributed by atoms with Crippen molar-refractivity contribution in [1.29, 1.82) is 0 Å². The smallest absolute Gasteiger partial charge is 0.337 e. The lowest BCUT2D eigenvalue weighted by molar-refractivity contribution is -0.386. The van der Waals surface area contributed by atoms with Crippen LogP contribution in [0.5, 0.6) is 5.75 Å². The van der Waals surface area contributed by atoms with Crippen molar-refractivity contribution in [3.63, 3.8) is 0 Å². The van der Waals surface area contributed by atoms with E-state index < -0.39 is 22.3 Å². The molecule has 0 fully saturated rings. The second-order valence-electron chi connectivity index (χ2n) is 5.16. The topological polar surface area (TPSA) is 113 Å². The average Bonchev–Trinajstić information content (AvgIpc) is 2.53. The summed E-state index contributed by atoms with van der Waals surface area (Å²) in [6, 6.07) is 4.46. The van der Waals surface area contributed by atoms with Crippen molar-refractivity contribution in [2.45, 2.75) is 13.8 Å². The number of nitro benzene ring substituents is 1. The van der Waals surface area contributed by atoms with Gasteiger partial charge in [-0.25, -0.2) is 4.79 Å². The van der Waals surface area contributed by atoms with Crippen LogP contribution in [0.4, 0.5) is 11.4 Å². The third-order valence-electron chi connectivity index (χ3n) is 3.60. The van der Waals surface area contributed by atoms with Gasteiger partial charge in [-0.2, -0.15) is 0 Å². The van der Waals surface area contributed by atoms with E-state index in [9.17, 15) is 25.1 Å². The fraction of sp³-hybridized carbons (Fsp3) is 0.125. The molecule has 0 spiro atoms. The molecule has 9 heteroatoms. The number of benzene rings is 2. The van der Waals surface area contributed by atoms with E-state index in [1.54, 1.807) is 13.0 Å². The highest BCUT2D eigenvalue weighted by Gasteiger charge is 2.25. The summed E-state index contributed by atoms with van der Waals surface area (Å²) in [5, 5.41) is 30.8. The van der Waals surface area contributed by atoms with Crippen molar-refractivity contribution >= 4 is 51.1 Å². The fourth-order valence-electron chi connectivity index (χ4n) is 2.29. The number of nitrogens with zero attached hydrogens (tertiary/aromatic N) is 2. The lowest BCUT2D eigenvalue weighted by Gasteiger charge is -2.10. The van der Waals surface area contributed by atoms with Gasteiger partial charge in [0.2, 0.25) is 5.75 Å². The van der Waals surface area contributed by atoms with Crippen molar-refractivity contribution in [2.24, 2.45) is 4.99 Å². The summed E-state index contributed by atoms with van der Waals surface area (Å²) in [5.74, 6) is -1.75. The Kier molecular flexibility index (Phi) is 5.44. The third kappa shape index (κ3) is 3.64. The fourth-order valence-corrected chi connectivity index (χ4v) is 2.85. The highest BCUT2D eigenvalue weighted by molar-refractivity contribution is 9.10. The molecule has 0 atom stereocenters. The maximum atomic E-state index is 11.3. The molecule has 0 amide bonds. The van der Waals surface area contributed by atoms with Crippen LogP contribution < -0.4 is 0 Å². The first-order chi connectivity index (χ1) is 11.6. The summed E-state index contributed by atoms with van der Waals surface area (Å²) >= 11 is 9.29. The van der Waals surface area contributed by atoms with Crippen LogP contribution in [-0.2, 0) is 0 Å². The molecular weight excluding hydrogens is 416 g/mol. The zero-order chi connectivity index (χ0) is 18.9. The third-order valence-corrected chi connectivity index (χ3v) is 4.66. The van der Waals surface area contributed by atoms with Crippen LogP contribution in [0, 0.1) is 24.0 Å². The van der Waals surface area contributed by atoms with E-state index >= 15 is 0 Å². The van der Waals surface area contributed by atoms with Crippen LogP contribution >= 0.6 is 27.5 Å². The molecule has 25 heavy (non-hydrogen) atoms. The van der Waals surface area contributed by atoms with Gasteiger partial charge in [0.15, 0.2) is 0 Å². The first kappa shape index (κ1) is 18.9. The normalized spacial score (nSPS) is 11.0. The zero-order valence-electron chi connectivity index (χ0n) is 13.1. The van der Waals surface area contributed by atoms with E-state index in [0.717, 1.165) is 0 Å². The Labute approximate surface area is 155 Å². The molecule has 0 saturated heterocycles. The van der Waals surface area contributed by atoms with E-state index in [0.29, 0.717) is 10.0 Å². The molecule has 2 N–H and O–H groups in total. The standard InChI is InChI=1S/C16H12BrClN2O5/c1-7-11(15(21)14(20(24)25)8(2)13(7)18)6-19-12-4-3-9(17)5-10(12)16(22)23/h3-6,21H,1-2H3,(H,22,23). The minimum absolute atomic E-state index is 0.0570. The Morgan fingerprint density at radius 1 is 1.36 bits per heavy atom. The van der Waals surface area contributed by atoms with Gasteiger partial charge in [-0.15, -0.1) is 0 Å². The van der Waals surface area contributed by atoms with Crippen LogP contribution in [0.25, 0.3) is 0 Å². The van der Waals surface area contributed by atoms with Gasteiger partial charge >= 0.3 is 11.7 Å². The number of halogens is 2. The molecule has 0 unspecified atom stereocenters. The van der Waals surface area contributed by atoms with E-state index in [4.69, 9.17) is 11.6 Å². The summed E-state index contributed by atoms with van der Waals surface area (Å²) in [4.78, 5) is 25.8. The number of rotatable bonds is 4. The largest absolute Gasteiger partial charge is 0.502 e.